The molecule has 0 aliphatic carbocycles. The Balaban J connectivity index is 2.25. The number of ether oxygens (including phenoxy) is 1. The zero-order valence-electron chi connectivity index (χ0n) is 14.6. The smallest absolute Gasteiger partial charge is 0.224 e. The van der Waals surface area contributed by atoms with Crippen LogP contribution in [0.3, 0.4) is 0 Å². The Morgan fingerprint density at radius 3 is 2.67 bits per heavy atom. The van der Waals surface area contributed by atoms with Gasteiger partial charge in [0.15, 0.2) is 0 Å². The molecule has 1 saturated heterocycles. The van der Waals surface area contributed by atoms with Crippen molar-refractivity contribution in [3.8, 4) is 0 Å². The Morgan fingerprint density at radius 2 is 2.05 bits per heavy atom. The maximum Gasteiger partial charge on any atom is 0.224 e. The molecule has 124 valence electrons. The molecule has 0 radical (unpaired) electrons. The van der Waals surface area contributed by atoms with Crippen LogP contribution in [0, 0.1) is 11.8 Å². The summed E-state index contributed by atoms with van der Waals surface area (Å²) in [5, 5.41) is 0. The molecule has 21 heavy (non-hydrogen) atoms. The predicted molar refractivity (Wildman–Crippen MR) is 87.3 cm³/mol. The standard InChI is InChI=1S/C17H34N2O2/c1-14(2)7-6-9-19-11-12-21-16(13-19)8-10-18(5)17(20)15(3)4/h14-16H,6-13H2,1-5H3. The molecule has 0 bridgehead atoms. The molecular weight excluding hydrogens is 264 g/mol. The molecule has 1 fully saturated rings. The summed E-state index contributed by atoms with van der Waals surface area (Å²) in [6.07, 6.45) is 3.79. The van der Waals surface area contributed by atoms with Crippen LogP contribution in [0.1, 0.15) is 47.0 Å². The highest BCUT2D eigenvalue weighted by Gasteiger charge is 2.21. The van der Waals surface area contributed by atoms with E-state index >= 15 is 0 Å². The van der Waals surface area contributed by atoms with Crippen molar-refractivity contribution >= 4 is 5.91 Å². The van der Waals surface area contributed by atoms with E-state index in [9.17, 15) is 4.79 Å². The first-order valence-electron chi connectivity index (χ1n) is 8.49. The van der Waals surface area contributed by atoms with Gasteiger partial charge in [0.1, 0.15) is 0 Å². The fourth-order valence-electron chi connectivity index (χ4n) is 2.77. The van der Waals surface area contributed by atoms with E-state index in [1.165, 1.54) is 19.4 Å². The molecule has 1 aliphatic heterocycles. The molecule has 0 spiro atoms. The summed E-state index contributed by atoms with van der Waals surface area (Å²) < 4.78 is 5.85. The van der Waals surface area contributed by atoms with Gasteiger partial charge in [-0.25, -0.2) is 0 Å². The molecule has 0 aromatic rings. The van der Waals surface area contributed by atoms with Crippen molar-refractivity contribution < 1.29 is 9.53 Å². The second-order valence-electron chi connectivity index (χ2n) is 7.03. The minimum absolute atomic E-state index is 0.0785. The molecule has 4 heteroatoms. The summed E-state index contributed by atoms with van der Waals surface area (Å²) in [6, 6.07) is 0. The molecule has 0 aromatic heterocycles. The number of morpholine rings is 1. The van der Waals surface area contributed by atoms with Crippen LogP contribution < -0.4 is 0 Å². The van der Waals surface area contributed by atoms with E-state index in [1.807, 2.05) is 25.8 Å². The van der Waals surface area contributed by atoms with Crippen molar-refractivity contribution in [1.82, 2.24) is 9.80 Å². The highest BCUT2D eigenvalue weighted by molar-refractivity contribution is 5.77. The summed E-state index contributed by atoms with van der Waals surface area (Å²) in [6.45, 7) is 13.3. The Labute approximate surface area is 130 Å². The molecule has 1 atom stereocenters. The Morgan fingerprint density at radius 1 is 1.33 bits per heavy atom. The predicted octanol–water partition coefficient (Wildman–Crippen LogP) is 2.63. The quantitative estimate of drug-likeness (QED) is 0.690. The topological polar surface area (TPSA) is 32.8 Å². The van der Waals surface area contributed by atoms with E-state index in [2.05, 4.69) is 18.7 Å². The number of carbonyl (C=O) groups excluding carboxylic acids is 1. The summed E-state index contributed by atoms with van der Waals surface area (Å²) in [5.74, 6) is 1.09. The Kier molecular flexibility index (Phi) is 8.27. The van der Waals surface area contributed by atoms with E-state index in [0.717, 1.165) is 38.6 Å². The number of carbonyl (C=O) groups is 1. The van der Waals surface area contributed by atoms with Crippen LogP contribution in [0.4, 0.5) is 0 Å². The van der Waals surface area contributed by atoms with Gasteiger partial charge < -0.3 is 9.64 Å². The van der Waals surface area contributed by atoms with Crippen molar-refractivity contribution in [2.24, 2.45) is 11.8 Å². The molecular formula is C17H34N2O2. The van der Waals surface area contributed by atoms with E-state index in [1.54, 1.807) is 0 Å². The van der Waals surface area contributed by atoms with Crippen LogP contribution in [-0.4, -0.2) is 61.6 Å². The molecule has 1 unspecified atom stereocenters. The van der Waals surface area contributed by atoms with Crippen LogP contribution in [0.15, 0.2) is 0 Å². The third-order valence-electron chi connectivity index (χ3n) is 4.14. The third-order valence-corrected chi connectivity index (χ3v) is 4.14. The number of rotatable bonds is 8. The van der Waals surface area contributed by atoms with Crippen molar-refractivity contribution in [3.05, 3.63) is 0 Å². The van der Waals surface area contributed by atoms with Gasteiger partial charge in [-0.3, -0.25) is 9.69 Å². The first-order valence-corrected chi connectivity index (χ1v) is 8.49. The number of nitrogens with zero attached hydrogens (tertiary/aromatic N) is 2. The van der Waals surface area contributed by atoms with Crippen LogP contribution >= 0.6 is 0 Å². The summed E-state index contributed by atoms with van der Waals surface area (Å²) in [5.41, 5.74) is 0. The van der Waals surface area contributed by atoms with Gasteiger partial charge in [0, 0.05) is 32.6 Å². The maximum atomic E-state index is 11.9. The SMILES string of the molecule is CC(C)CCCN1CCOC(CCN(C)C(=O)C(C)C)C1. The van der Waals surface area contributed by atoms with Crippen molar-refractivity contribution in [3.63, 3.8) is 0 Å². The average Bonchev–Trinajstić information content (AvgIpc) is 2.44. The average molecular weight is 298 g/mol. The van der Waals surface area contributed by atoms with Crippen molar-refractivity contribution in [1.29, 1.82) is 0 Å². The van der Waals surface area contributed by atoms with Gasteiger partial charge >= 0.3 is 0 Å². The summed E-state index contributed by atoms with van der Waals surface area (Å²) in [4.78, 5) is 16.2. The summed E-state index contributed by atoms with van der Waals surface area (Å²) >= 11 is 0. The minimum Gasteiger partial charge on any atom is -0.375 e. The van der Waals surface area contributed by atoms with Crippen LogP contribution in [-0.2, 0) is 9.53 Å². The van der Waals surface area contributed by atoms with Crippen LogP contribution in [0.2, 0.25) is 0 Å². The van der Waals surface area contributed by atoms with E-state index in [-0.39, 0.29) is 17.9 Å². The zero-order valence-corrected chi connectivity index (χ0v) is 14.6. The van der Waals surface area contributed by atoms with Gasteiger partial charge in [-0.05, 0) is 31.7 Å². The maximum absolute atomic E-state index is 11.9. The molecule has 1 rings (SSSR count). The first kappa shape index (κ1) is 18.4. The second kappa shape index (κ2) is 9.42. The lowest BCUT2D eigenvalue weighted by atomic mass is 10.1. The summed E-state index contributed by atoms with van der Waals surface area (Å²) in [7, 11) is 1.89. The third kappa shape index (κ3) is 7.28. The molecule has 4 nitrogen and oxygen atoms in total. The zero-order chi connectivity index (χ0) is 15.8. The highest BCUT2D eigenvalue weighted by Crippen LogP contribution is 2.12. The van der Waals surface area contributed by atoms with E-state index in [4.69, 9.17) is 4.74 Å². The Hall–Kier alpha value is -0.610. The number of hydrogen-bond acceptors (Lipinski definition) is 3. The molecule has 1 aliphatic rings. The minimum atomic E-state index is 0.0785. The van der Waals surface area contributed by atoms with Gasteiger partial charge in [-0.2, -0.15) is 0 Å². The van der Waals surface area contributed by atoms with Crippen molar-refractivity contribution in [2.75, 3.05) is 39.8 Å². The largest absolute Gasteiger partial charge is 0.375 e. The molecule has 1 amide bonds. The highest BCUT2D eigenvalue weighted by atomic mass is 16.5. The fraction of sp³-hybridized carbons (Fsp3) is 0.941. The van der Waals surface area contributed by atoms with Gasteiger partial charge in [0.05, 0.1) is 12.7 Å². The second-order valence-corrected chi connectivity index (χ2v) is 7.03. The van der Waals surface area contributed by atoms with Gasteiger partial charge in [-0.1, -0.05) is 27.7 Å². The molecule has 1 heterocycles. The van der Waals surface area contributed by atoms with E-state index in [0.29, 0.717) is 0 Å². The van der Waals surface area contributed by atoms with Crippen LogP contribution in [0.25, 0.3) is 0 Å². The van der Waals surface area contributed by atoms with Crippen LogP contribution in [0.5, 0.6) is 0 Å². The van der Waals surface area contributed by atoms with Gasteiger partial charge in [0.25, 0.3) is 0 Å². The first-order chi connectivity index (χ1) is 9.90. The lowest BCUT2D eigenvalue weighted by Gasteiger charge is -2.34. The number of amides is 1. The van der Waals surface area contributed by atoms with Gasteiger partial charge in [0.2, 0.25) is 5.91 Å². The fourth-order valence-corrected chi connectivity index (χ4v) is 2.77. The lowest BCUT2D eigenvalue weighted by Crippen LogP contribution is -2.44. The lowest BCUT2D eigenvalue weighted by molar-refractivity contribution is -0.133. The van der Waals surface area contributed by atoms with E-state index < -0.39 is 0 Å². The molecule has 0 saturated carbocycles. The monoisotopic (exact) mass is 298 g/mol. The number of hydrogen-bond donors (Lipinski definition) is 0. The Bertz CT molecular complexity index is 305. The molecule has 0 N–H and O–H groups in total. The molecule has 0 aromatic carbocycles. The van der Waals surface area contributed by atoms with Gasteiger partial charge in [-0.15, -0.1) is 0 Å². The van der Waals surface area contributed by atoms with Crippen molar-refractivity contribution in [2.45, 2.75) is 53.1 Å². The normalized spacial score (nSPS) is 20.2.